The molecule has 2 amide bonds. The molecule has 2 heterocycles. The third-order valence-corrected chi connectivity index (χ3v) is 5.31. The molecule has 0 spiro atoms. The van der Waals surface area contributed by atoms with Crippen LogP contribution in [0, 0.1) is 5.82 Å². The summed E-state index contributed by atoms with van der Waals surface area (Å²) in [5, 5.41) is 2.76. The first-order chi connectivity index (χ1) is 14.8. The summed E-state index contributed by atoms with van der Waals surface area (Å²) in [5.41, 5.74) is -1.32. The van der Waals surface area contributed by atoms with Crippen molar-refractivity contribution >= 4 is 57.1 Å². The second-order valence-corrected chi connectivity index (χ2v) is 7.21. The van der Waals surface area contributed by atoms with Gasteiger partial charge in [0.2, 0.25) is 0 Å². The number of halogens is 5. The fourth-order valence-electron chi connectivity index (χ4n) is 2.95. The van der Waals surface area contributed by atoms with Gasteiger partial charge in [-0.05, 0) is 30.3 Å². The molecule has 0 bridgehead atoms. The largest absolute Gasteiger partial charge is 0.416 e. The molecule has 6 nitrogen and oxygen atoms in total. The number of aromatic nitrogens is 2. The number of nitrogens with two attached hydrogens (primary N) is 1. The topological polar surface area (TPSA) is 75.3 Å². The number of hydrogen-bond acceptors (Lipinski definition) is 5. The first-order valence-electron chi connectivity index (χ1n) is 8.75. The fourth-order valence-corrected chi connectivity index (χ4v) is 3.81. The van der Waals surface area contributed by atoms with Crippen LogP contribution >= 0.6 is 23.7 Å². The van der Waals surface area contributed by atoms with Gasteiger partial charge in [0.1, 0.15) is 17.0 Å². The minimum absolute atomic E-state index is 0. The standard InChI is InChI=1S/C20H13F4N5OS.ClH/c21-15-7-6-12(20(22,23)24)8-16(15)28(13-4-2-1-3-5-13)19(30)29(25)17-10-31-18-14(17)9-26-11-27-18;/h1-11H,25H2;1H. The lowest BCUT2D eigenvalue weighted by atomic mass is 10.1. The predicted octanol–water partition coefficient (Wildman–Crippen LogP) is 5.91. The summed E-state index contributed by atoms with van der Waals surface area (Å²) >= 11 is 1.21. The van der Waals surface area contributed by atoms with Crippen molar-refractivity contribution in [2.45, 2.75) is 6.18 Å². The number of amides is 2. The maximum atomic E-state index is 14.7. The summed E-state index contributed by atoms with van der Waals surface area (Å²) in [6, 6.07) is 8.58. The second kappa shape index (κ2) is 9.07. The van der Waals surface area contributed by atoms with Crippen LogP contribution in [0.15, 0.2) is 66.4 Å². The molecular weight excluding hydrogens is 470 g/mol. The van der Waals surface area contributed by atoms with Gasteiger partial charge in [0.05, 0.1) is 28.0 Å². The summed E-state index contributed by atoms with van der Waals surface area (Å²) < 4.78 is 54.4. The molecule has 0 unspecified atom stereocenters. The molecule has 4 aromatic rings. The highest BCUT2D eigenvalue weighted by atomic mass is 35.5. The van der Waals surface area contributed by atoms with Gasteiger partial charge in [0, 0.05) is 11.6 Å². The van der Waals surface area contributed by atoms with Crippen LogP contribution in [0.4, 0.5) is 39.4 Å². The molecule has 166 valence electrons. The van der Waals surface area contributed by atoms with Crippen molar-refractivity contribution in [3.05, 3.63) is 77.8 Å². The summed E-state index contributed by atoms with van der Waals surface area (Å²) in [4.78, 5) is 22.7. The molecule has 2 N–H and O–H groups in total. The second-order valence-electron chi connectivity index (χ2n) is 6.35. The van der Waals surface area contributed by atoms with E-state index in [0.717, 1.165) is 9.91 Å². The molecule has 0 saturated heterocycles. The number of carbonyl (C=O) groups is 1. The first-order valence-corrected chi connectivity index (χ1v) is 9.63. The van der Waals surface area contributed by atoms with Gasteiger partial charge in [-0.3, -0.25) is 4.90 Å². The summed E-state index contributed by atoms with van der Waals surface area (Å²) in [6.07, 6.45) is -1.93. The van der Waals surface area contributed by atoms with E-state index in [1.54, 1.807) is 23.6 Å². The first kappa shape index (κ1) is 23.4. The normalized spacial score (nSPS) is 11.2. The third-order valence-electron chi connectivity index (χ3n) is 4.42. The molecule has 0 aliphatic heterocycles. The number of benzene rings is 2. The lowest BCUT2D eigenvalue weighted by Crippen LogP contribution is -2.45. The van der Waals surface area contributed by atoms with Crippen molar-refractivity contribution in [3.8, 4) is 0 Å². The molecule has 0 radical (unpaired) electrons. The van der Waals surface area contributed by atoms with Gasteiger partial charge in [-0.15, -0.1) is 23.7 Å². The lowest BCUT2D eigenvalue weighted by molar-refractivity contribution is -0.137. The Kier molecular flexibility index (Phi) is 6.63. The predicted molar refractivity (Wildman–Crippen MR) is 117 cm³/mol. The number of nitrogens with zero attached hydrogens (tertiary/aromatic N) is 4. The van der Waals surface area contributed by atoms with Crippen LogP contribution in [0.1, 0.15) is 5.56 Å². The molecule has 12 heteroatoms. The Morgan fingerprint density at radius 3 is 2.47 bits per heavy atom. The van der Waals surface area contributed by atoms with Crippen molar-refractivity contribution < 1.29 is 22.4 Å². The van der Waals surface area contributed by atoms with E-state index in [-0.39, 0.29) is 23.8 Å². The molecule has 2 aromatic heterocycles. The van der Waals surface area contributed by atoms with Crippen LogP contribution in [0.5, 0.6) is 0 Å². The highest BCUT2D eigenvalue weighted by molar-refractivity contribution is 7.17. The average molecular weight is 484 g/mol. The fraction of sp³-hybridized carbons (Fsp3) is 0.0500. The van der Waals surface area contributed by atoms with Gasteiger partial charge in [0.15, 0.2) is 0 Å². The monoisotopic (exact) mass is 483 g/mol. The lowest BCUT2D eigenvalue weighted by Gasteiger charge is -2.28. The van der Waals surface area contributed by atoms with Gasteiger partial charge in [-0.25, -0.2) is 30.0 Å². The number of fused-ring (bicyclic) bond motifs is 1. The zero-order chi connectivity index (χ0) is 22.2. The number of rotatable bonds is 3. The Labute approximate surface area is 189 Å². The third kappa shape index (κ3) is 4.35. The van der Waals surface area contributed by atoms with E-state index in [1.807, 2.05) is 0 Å². The van der Waals surface area contributed by atoms with E-state index in [4.69, 9.17) is 5.84 Å². The van der Waals surface area contributed by atoms with Crippen LogP contribution in [-0.2, 0) is 6.18 Å². The van der Waals surface area contributed by atoms with E-state index in [0.29, 0.717) is 28.4 Å². The number of carbonyl (C=O) groups excluding carboxylic acids is 1. The van der Waals surface area contributed by atoms with Crippen LogP contribution in [0.25, 0.3) is 10.2 Å². The smallest absolute Gasteiger partial charge is 0.259 e. The van der Waals surface area contributed by atoms with Gasteiger partial charge in [0.25, 0.3) is 0 Å². The Balaban J connectivity index is 0.00000289. The van der Waals surface area contributed by atoms with Crippen LogP contribution in [0.2, 0.25) is 0 Å². The molecular formula is C20H14ClF4N5OS. The molecule has 0 saturated carbocycles. The Hall–Kier alpha value is -3.28. The molecule has 4 rings (SSSR count). The van der Waals surface area contributed by atoms with E-state index < -0.39 is 29.3 Å². The maximum Gasteiger partial charge on any atom is 0.416 e. The number of alkyl halides is 3. The van der Waals surface area contributed by atoms with Gasteiger partial charge in [-0.2, -0.15) is 13.2 Å². The molecule has 0 aliphatic carbocycles. The Morgan fingerprint density at radius 2 is 1.78 bits per heavy atom. The number of hydrogen-bond donors (Lipinski definition) is 1. The highest BCUT2D eigenvalue weighted by Crippen LogP contribution is 2.37. The molecule has 32 heavy (non-hydrogen) atoms. The Morgan fingerprint density at radius 1 is 1.06 bits per heavy atom. The summed E-state index contributed by atoms with van der Waals surface area (Å²) in [5.74, 6) is 5.03. The van der Waals surface area contributed by atoms with Crippen molar-refractivity contribution in [1.29, 1.82) is 0 Å². The quantitative estimate of drug-likeness (QED) is 0.170. The molecule has 0 aliphatic rings. The van der Waals surface area contributed by atoms with Gasteiger partial charge >= 0.3 is 12.2 Å². The van der Waals surface area contributed by atoms with Crippen molar-refractivity contribution in [2.24, 2.45) is 5.84 Å². The molecule has 2 aromatic carbocycles. The van der Waals surface area contributed by atoms with Crippen LogP contribution in [-0.4, -0.2) is 16.0 Å². The van der Waals surface area contributed by atoms with E-state index >= 15 is 0 Å². The number of urea groups is 1. The number of hydrazine groups is 1. The van der Waals surface area contributed by atoms with Crippen molar-refractivity contribution in [2.75, 3.05) is 9.91 Å². The highest BCUT2D eigenvalue weighted by Gasteiger charge is 2.34. The van der Waals surface area contributed by atoms with Crippen LogP contribution < -0.4 is 15.8 Å². The summed E-state index contributed by atoms with van der Waals surface area (Å²) in [7, 11) is 0. The number of para-hydroxylation sites is 1. The molecule has 0 atom stereocenters. The average Bonchev–Trinajstić information content (AvgIpc) is 3.18. The minimum atomic E-state index is -4.73. The maximum absolute atomic E-state index is 14.7. The van der Waals surface area contributed by atoms with Crippen molar-refractivity contribution in [1.82, 2.24) is 9.97 Å². The zero-order valence-corrected chi connectivity index (χ0v) is 17.6. The van der Waals surface area contributed by atoms with E-state index in [9.17, 15) is 22.4 Å². The van der Waals surface area contributed by atoms with Crippen molar-refractivity contribution in [3.63, 3.8) is 0 Å². The van der Waals surface area contributed by atoms with E-state index in [2.05, 4.69) is 9.97 Å². The molecule has 0 fully saturated rings. The van der Waals surface area contributed by atoms with Gasteiger partial charge < -0.3 is 0 Å². The Bertz CT molecular complexity index is 1250. The minimum Gasteiger partial charge on any atom is -0.259 e. The van der Waals surface area contributed by atoms with E-state index in [1.165, 1.54) is 36.0 Å². The number of thiophene rings is 1. The summed E-state index contributed by atoms with van der Waals surface area (Å²) in [6.45, 7) is 0. The number of anilines is 3. The van der Waals surface area contributed by atoms with Crippen LogP contribution in [0.3, 0.4) is 0 Å². The van der Waals surface area contributed by atoms with Gasteiger partial charge in [-0.1, -0.05) is 18.2 Å². The SMILES string of the molecule is Cl.NN(C(=O)N(c1ccccc1)c1cc(C(F)(F)F)ccc1F)c1csc2ncncc12. The zero-order valence-electron chi connectivity index (χ0n) is 16.0.